The van der Waals surface area contributed by atoms with Crippen LogP contribution >= 0.6 is 49.9 Å². The number of aryl methyl sites for hydroxylation is 1. The third-order valence-corrected chi connectivity index (χ3v) is 8.24. The second-order valence-electron chi connectivity index (χ2n) is 9.25. The molecule has 1 amide bonds. The van der Waals surface area contributed by atoms with E-state index in [0.717, 1.165) is 37.7 Å². The van der Waals surface area contributed by atoms with Crippen molar-refractivity contribution < 1.29 is 14.3 Å². The predicted octanol–water partition coefficient (Wildman–Crippen LogP) is 8.58. The number of nitrogens with one attached hydrogen (secondary N) is 2. The molecule has 10 heteroatoms. The van der Waals surface area contributed by atoms with Crippen molar-refractivity contribution in [1.82, 2.24) is 10.4 Å². The molecule has 2 N–H and O–H groups in total. The van der Waals surface area contributed by atoms with Crippen molar-refractivity contribution in [2.75, 3.05) is 12.4 Å². The number of carbonyl (C=O) groups is 1. The molecule has 0 aliphatic heterocycles. The number of anilines is 2. The summed E-state index contributed by atoms with van der Waals surface area (Å²) < 4.78 is 13.4. The fourth-order valence-electron chi connectivity index (χ4n) is 3.94. The van der Waals surface area contributed by atoms with Gasteiger partial charge in [-0.3, -0.25) is 4.79 Å². The van der Waals surface area contributed by atoms with Crippen LogP contribution in [-0.4, -0.2) is 24.2 Å². The molecule has 0 aliphatic carbocycles. The lowest BCUT2D eigenvalue weighted by Crippen LogP contribution is -2.17. The summed E-state index contributed by atoms with van der Waals surface area (Å²) in [6.07, 6.45) is 1.56. The van der Waals surface area contributed by atoms with E-state index in [2.05, 4.69) is 78.4 Å². The summed E-state index contributed by atoms with van der Waals surface area (Å²) in [6, 6.07) is 27.2. The number of halogens is 2. The maximum Gasteiger partial charge on any atom is 0.271 e. The van der Waals surface area contributed by atoms with Crippen LogP contribution in [0.3, 0.4) is 0 Å². The number of aromatic nitrogens is 1. The summed E-state index contributed by atoms with van der Waals surface area (Å²) >= 11 is 7.36. The molecule has 0 radical (unpaired) electrons. The second-order valence-corrected chi connectivity index (χ2v) is 12.2. The number of hydrogen-bond acceptors (Lipinski definition) is 7. The van der Waals surface area contributed by atoms with E-state index in [-0.39, 0.29) is 5.91 Å². The van der Waals surface area contributed by atoms with Gasteiger partial charge in [-0.15, -0.1) is 11.3 Å². The van der Waals surface area contributed by atoms with E-state index in [1.807, 2.05) is 60.0 Å². The standard InChI is InChI=1S/C32H26BrIN4O3S/c1-20-3-13-26(14-4-20)36-32-37-28(19-42-32)23-7-9-24(10-8-23)31(39)38-35-17-22-15-27(33)30(29(16-22)40-2)41-18-21-5-11-25(34)12-6-21/h3-17,19H,18H2,1-2H3,(H,36,37)(H,38,39)/b35-17-. The third kappa shape index (κ3) is 7.75. The molecule has 42 heavy (non-hydrogen) atoms. The Bertz CT molecular complexity index is 1710. The first-order valence-corrected chi connectivity index (χ1v) is 15.6. The Morgan fingerprint density at radius 1 is 1.05 bits per heavy atom. The van der Waals surface area contributed by atoms with Crippen molar-refractivity contribution in [3.63, 3.8) is 0 Å². The molecule has 0 atom stereocenters. The fraction of sp³-hybridized carbons (Fsp3) is 0.0938. The van der Waals surface area contributed by atoms with Crippen LogP contribution in [0.5, 0.6) is 11.5 Å². The van der Waals surface area contributed by atoms with E-state index in [1.54, 1.807) is 31.5 Å². The first kappa shape index (κ1) is 29.7. The molecule has 4 aromatic carbocycles. The summed E-state index contributed by atoms with van der Waals surface area (Å²) in [6.45, 7) is 2.46. The highest BCUT2D eigenvalue weighted by molar-refractivity contribution is 14.1. The van der Waals surface area contributed by atoms with Crippen LogP contribution in [0.25, 0.3) is 11.3 Å². The van der Waals surface area contributed by atoms with Crippen LogP contribution in [0.2, 0.25) is 0 Å². The fourth-order valence-corrected chi connectivity index (χ4v) is 5.61. The lowest BCUT2D eigenvalue weighted by atomic mass is 10.1. The van der Waals surface area contributed by atoms with E-state index in [4.69, 9.17) is 9.47 Å². The van der Waals surface area contributed by atoms with Crippen molar-refractivity contribution in [2.45, 2.75) is 13.5 Å². The van der Waals surface area contributed by atoms with Gasteiger partial charge < -0.3 is 14.8 Å². The number of methoxy groups -OCH3 is 1. The summed E-state index contributed by atoms with van der Waals surface area (Å²) in [4.78, 5) is 17.4. The quantitative estimate of drug-likeness (QED) is 0.0849. The zero-order valence-electron chi connectivity index (χ0n) is 22.7. The minimum atomic E-state index is -0.318. The molecule has 0 aliphatic rings. The minimum Gasteiger partial charge on any atom is -0.493 e. The Kier molecular flexibility index (Phi) is 9.88. The zero-order chi connectivity index (χ0) is 29.5. The van der Waals surface area contributed by atoms with Gasteiger partial charge >= 0.3 is 0 Å². The Hall–Kier alpha value is -3.74. The predicted molar refractivity (Wildman–Crippen MR) is 181 cm³/mol. The van der Waals surface area contributed by atoms with Crippen molar-refractivity contribution in [3.05, 3.63) is 121 Å². The topological polar surface area (TPSA) is 84.8 Å². The molecule has 0 saturated carbocycles. The normalized spacial score (nSPS) is 11.0. The third-order valence-electron chi connectivity index (χ3n) is 6.18. The van der Waals surface area contributed by atoms with Crippen LogP contribution < -0.4 is 20.2 Å². The van der Waals surface area contributed by atoms with Gasteiger partial charge in [-0.1, -0.05) is 42.0 Å². The second kappa shape index (κ2) is 14.0. The van der Waals surface area contributed by atoms with E-state index in [9.17, 15) is 4.79 Å². The van der Waals surface area contributed by atoms with Crippen molar-refractivity contribution in [3.8, 4) is 22.8 Å². The molecule has 0 bridgehead atoms. The van der Waals surface area contributed by atoms with Gasteiger partial charge in [0.15, 0.2) is 16.6 Å². The summed E-state index contributed by atoms with van der Waals surface area (Å²) in [5.41, 5.74) is 8.81. The zero-order valence-corrected chi connectivity index (χ0v) is 27.3. The van der Waals surface area contributed by atoms with Crippen molar-refractivity contribution >= 4 is 72.8 Å². The largest absolute Gasteiger partial charge is 0.493 e. The first-order valence-electron chi connectivity index (χ1n) is 12.9. The van der Waals surface area contributed by atoms with E-state index >= 15 is 0 Å². The van der Waals surface area contributed by atoms with Gasteiger partial charge in [0.1, 0.15) is 6.61 Å². The molecule has 5 rings (SSSR count). The number of benzene rings is 4. The Morgan fingerprint density at radius 3 is 2.50 bits per heavy atom. The number of rotatable bonds is 10. The number of nitrogens with zero attached hydrogens (tertiary/aromatic N) is 2. The summed E-state index contributed by atoms with van der Waals surface area (Å²) in [5.74, 6) is 0.828. The highest BCUT2D eigenvalue weighted by Gasteiger charge is 2.12. The van der Waals surface area contributed by atoms with Gasteiger partial charge in [0.2, 0.25) is 0 Å². The SMILES string of the molecule is COc1cc(/C=N\NC(=O)c2ccc(-c3csc(Nc4ccc(C)cc4)n3)cc2)cc(Br)c1OCc1ccc(I)cc1. The van der Waals surface area contributed by atoms with E-state index < -0.39 is 0 Å². The molecule has 1 aromatic heterocycles. The number of hydrogen-bond donors (Lipinski definition) is 2. The molecule has 0 saturated heterocycles. The molecular weight excluding hydrogens is 727 g/mol. The van der Waals surface area contributed by atoms with Gasteiger partial charge in [-0.2, -0.15) is 5.10 Å². The van der Waals surface area contributed by atoms with Crippen LogP contribution in [0, 0.1) is 10.5 Å². The van der Waals surface area contributed by atoms with Gasteiger partial charge in [-0.25, -0.2) is 10.4 Å². The number of thiazole rings is 1. The number of hydrazone groups is 1. The van der Waals surface area contributed by atoms with E-state index in [1.165, 1.54) is 20.5 Å². The Balaban J connectivity index is 1.18. The average Bonchev–Trinajstić information content (AvgIpc) is 3.47. The number of ether oxygens (including phenoxy) is 2. The van der Waals surface area contributed by atoms with E-state index in [0.29, 0.717) is 23.7 Å². The maximum absolute atomic E-state index is 12.7. The van der Waals surface area contributed by atoms with Crippen LogP contribution in [0.15, 0.2) is 99.9 Å². The maximum atomic E-state index is 12.7. The average molecular weight is 753 g/mol. The smallest absolute Gasteiger partial charge is 0.271 e. The lowest BCUT2D eigenvalue weighted by molar-refractivity contribution is 0.0955. The molecule has 0 unspecified atom stereocenters. The molecule has 1 heterocycles. The highest BCUT2D eigenvalue weighted by atomic mass is 127. The Labute approximate surface area is 270 Å². The van der Waals surface area contributed by atoms with Crippen LogP contribution in [0.1, 0.15) is 27.0 Å². The lowest BCUT2D eigenvalue weighted by Gasteiger charge is -2.13. The van der Waals surface area contributed by atoms with Gasteiger partial charge in [-0.05, 0) is 105 Å². The van der Waals surface area contributed by atoms with Gasteiger partial charge in [0, 0.05) is 25.8 Å². The molecular formula is C32H26BrIN4O3S. The van der Waals surface area contributed by atoms with Crippen LogP contribution in [0.4, 0.5) is 10.8 Å². The molecule has 7 nitrogen and oxygen atoms in total. The van der Waals surface area contributed by atoms with Crippen LogP contribution in [-0.2, 0) is 6.61 Å². The van der Waals surface area contributed by atoms with Gasteiger partial charge in [0.05, 0.1) is 23.5 Å². The molecule has 0 fully saturated rings. The monoisotopic (exact) mass is 752 g/mol. The Morgan fingerprint density at radius 2 is 1.79 bits per heavy atom. The highest BCUT2D eigenvalue weighted by Crippen LogP contribution is 2.37. The summed E-state index contributed by atoms with van der Waals surface area (Å²) in [5, 5.41) is 10.3. The first-order chi connectivity index (χ1) is 20.4. The number of amides is 1. The molecule has 5 aromatic rings. The number of carbonyl (C=O) groups excluding carboxylic acids is 1. The van der Waals surface area contributed by atoms with Crippen molar-refractivity contribution in [1.29, 1.82) is 0 Å². The van der Waals surface area contributed by atoms with Gasteiger partial charge in [0.25, 0.3) is 5.91 Å². The minimum absolute atomic E-state index is 0.318. The molecule has 0 spiro atoms. The summed E-state index contributed by atoms with van der Waals surface area (Å²) in [7, 11) is 1.58. The molecule has 212 valence electrons. The van der Waals surface area contributed by atoms with Crippen molar-refractivity contribution in [2.24, 2.45) is 5.10 Å².